The molecule has 1 rings (SSSR count). The molecule has 9 heteroatoms. The Balaban J connectivity index is 2.87. The van der Waals surface area contributed by atoms with Crippen LogP contribution in [0.3, 0.4) is 0 Å². The summed E-state index contributed by atoms with van der Waals surface area (Å²) >= 11 is 0. The van der Waals surface area contributed by atoms with E-state index in [1.54, 1.807) is 0 Å². The van der Waals surface area contributed by atoms with Crippen molar-refractivity contribution in [3.05, 3.63) is 0 Å². The molecule has 0 saturated carbocycles. The molecule has 0 radical (unpaired) electrons. The zero-order valence-electron chi connectivity index (χ0n) is 11.9. The van der Waals surface area contributed by atoms with E-state index in [9.17, 15) is 23.9 Å². The number of halogens is 1. The smallest absolute Gasteiger partial charge is 0.303 e. The van der Waals surface area contributed by atoms with Gasteiger partial charge in [0.05, 0.1) is 0 Å². The first-order valence-electron chi connectivity index (χ1n) is 6.27. The van der Waals surface area contributed by atoms with E-state index in [1.165, 1.54) is 0 Å². The summed E-state index contributed by atoms with van der Waals surface area (Å²) in [5.41, 5.74) is 0. The molecule has 0 unspecified atom stereocenters. The van der Waals surface area contributed by atoms with E-state index in [-0.39, 0.29) is 0 Å². The molecule has 0 aliphatic carbocycles. The summed E-state index contributed by atoms with van der Waals surface area (Å²) in [7, 11) is 0. The van der Waals surface area contributed by atoms with Crippen molar-refractivity contribution in [1.29, 1.82) is 0 Å². The highest BCUT2D eigenvalue weighted by molar-refractivity contribution is 5.73. The van der Waals surface area contributed by atoms with Gasteiger partial charge in [-0.3, -0.25) is 14.4 Å². The lowest BCUT2D eigenvalue weighted by atomic mass is 9.98. The normalized spacial score (nSPS) is 32.1. The van der Waals surface area contributed by atoms with Crippen LogP contribution in [0.2, 0.25) is 0 Å². The third-order valence-corrected chi connectivity index (χ3v) is 2.77. The number of aliphatic hydroxyl groups is 1. The van der Waals surface area contributed by atoms with Crippen molar-refractivity contribution in [2.45, 2.75) is 51.5 Å². The lowest BCUT2D eigenvalue weighted by molar-refractivity contribution is -0.247. The first kappa shape index (κ1) is 17.3. The van der Waals surface area contributed by atoms with Gasteiger partial charge in [-0.25, -0.2) is 4.39 Å². The first-order valence-corrected chi connectivity index (χ1v) is 6.27. The van der Waals surface area contributed by atoms with Crippen LogP contribution in [0.5, 0.6) is 0 Å². The molecule has 1 fully saturated rings. The average molecular weight is 307 g/mol. The summed E-state index contributed by atoms with van der Waals surface area (Å²) < 4.78 is 28.8. The molecule has 1 amide bonds. The molecular formula is C12H18FNO7. The van der Waals surface area contributed by atoms with Crippen LogP contribution in [-0.4, -0.2) is 60.3 Å². The maximum Gasteiger partial charge on any atom is 0.303 e. The standard InChI is InChI=1S/C12H18FNO7/c1-5(15)14-10-11(20-7(3)17)9(13)8(21-12(10)18)4-19-6(2)16/h8-12,18H,4H2,1-3H3,(H,14,15)/t8-,9-,10+,11+,12+/m1/s1. The van der Waals surface area contributed by atoms with Crippen molar-refractivity contribution in [2.75, 3.05) is 6.61 Å². The Bertz CT molecular complexity index is 416. The van der Waals surface area contributed by atoms with Crippen LogP contribution < -0.4 is 5.32 Å². The molecule has 120 valence electrons. The van der Waals surface area contributed by atoms with E-state index in [2.05, 4.69) is 10.1 Å². The summed E-state index contributed by atoms with van der Waals surface area (Å²) in [6.07, 6.45) is -6.24. The summed E-state index contributed by atoms with van der Waals surface area (Å²) in [5.74, 6) is -1.97. The number of aliphatic hydroxyl groups excluding tert-OH is 1. The fourth-order valence-corrected chi connectivity index (χ4v) is 1.96. The zero-order valence-corrected chi connectivity index (χ0v) is 11.9. The number of hydrogen-bond donors (Lipinski definition) is 2. The van der Waals surface area contributed by atoms with E-state index in [4.69, 9.17) is 9.47 Å². The molecule has 0 aromatic heterocycles. The van der Waals surface area contributed by atoms with Gasteiger partial charge in [0.25, 0.3) is 0 Å². The summed E-state index contributed by atoms with van der Waals surface area (Å²) in [5, 5.41) is 12.1. The highest BCUT2D eigenvalue weighted by Crippen LogP contribution is 2.25. The largest absolute Gasteiger partial charge is 0.463 e. The highest BCUT2D eigenvalue weighted by Gasteiger charge is 2.48. The number of hydrogen-bond acceptors (Lipinski definition) is 7. The van der Waals surface area contributed by atoms with Gasteiger partial charge in [0.1, 0.15) is 18.8 Å². The summed E-state index contributed by atoms with van der Waals surface area (Å²) in [6.45, 7) is 2.92. The van der Waals surface area contributed by atoms with Crippen molar-refractivity contribution in [3.8, 4) is 0 Å². The van der Waals surface area contributed by atoms with Crippen LogP contribution >= 0.6 is 0 Å². The molecule has 0 aromatic rings. The second-order valence-corrected chi connectivity index (χ2v) is 4.61. The number of carbonyl (C=O) groups is 3. The number of carbonyl (C=O) groups excluding carboxylic acids is 3. The minimum absolute atomic E-state index is 0.446. The van der Waals surface area contributed by atoms with Gasteiger partial charge in [-0.05, 0) is 0 Å². The van der Waals surface area contributed by atoms with E-state index < -0.39 is 55.2 Å². The van der Waals surface area contributed by atoms with E-state index in [0.29, 0.717) is 0 Å². The first-order chi connectivity index (χ1) is 9.72. The van der Waals surface area contributed by atoms with Crippen molar-refractivity contribution in [1.82, 2.24) is 5.32 Å². The molecule has 0 spiro atoms. The van der Waals surface area contributed by atoms with Crippen LogP contribution in [-0.2, 0) is 28.6 Å². The van der Waals surface area contributed by atoms with Crippen LogP contribution in [0.15, 0.2) is 0 Å². The average Bonchev–Trinajstić information content (AvgIpc) is 2.35. The molecule has 5 atom stereocenters. The van der Waals surface area contributed by atoms with Crippen LogP contribution in [0, 0.1) is 0 Å². The van der Waals surface area contributed by atoms with Gasteiger partial charge in [0, 0.05) is 20.8 Å². The minimum atomic E-state index is -1.88. The van der Waals surface area contributed by atoms with Gasteiger partial charge in [0.2, 0.25) is 5.91 Å². The number of amides is 1. The highest BCUT2D eigenvalue weighted by atomic mass is 19.1. The number of alkyl halides is 1. The molecule has 2 N–H and O–H groups in total. The Labute approximate surface area is 120 Å². The van der Waals surface area contributed by atoms with E-state index in [1.807, 2.05) is 0 Å². The van der Waals surface area contributed by atoms with Crippen molar-refractivity contribution in [3.63, 3.8) is 0 Å². The third kappa shape index (κ3) is 4.94. The van der Waals surface area contributed by atoms with Gasteiger partial charge < -0.3 is 24.6 Å². The van der Waals surface area contributed by atoms with Gasteiger partial charge in [0.15, 0.2) is 18.6 Å². The van der Waals surface area contributed by atoms with Crippen LogP contribution in [0.25, 0.3) is 0 Å². The lowest BCUT2D eigenvalue weighted by Crippen LogP contribution is -2.64. The molecule has 1 saturated heterocycles. The Morgan fingerprint density at radius 2 is 1.86 bits per heavy atom. The zero-order chi connectivity index (χ0) is 16.2. The molecule has 1 aliphatic rings. The Hall–Kier alpha value is -1.74. The fourth-order valence-electron chi connectivity index (χ4n) is 1.96. The Morgan fingerprint density at radius 1 is 1.24 bits per heavy atom. The molecular weight excluding hydrogens is 289 g/mol. The SMILES string of the molecule is CC(=O)N[C@H]1[C@@H](OC(C)=O)[C@H](F)[C@@H](COC(C)=O)O[C@@H]1O. The van der Waals surface area contributed by atoms with E-state index in [0.717, 1.165) is 20.8 Å². The molecule has 1 aliphatic heterocycles. The van der Waals surface area contributed by atoms with Crippen molar-refractivity contribution >= 4 is 17.8 Å². The maximum absolute atomic E-state index is 14.3. The van der Waals surface area contributed by atoms with E-state index >= 15 is 0 Å². The molecule has 1 heterocycles. The molecule has 8 nitrogen and oxygen atoms in total. The van der Waals surface area contributed by atoms with Gasteiger partial charge >= 0.3 is 11.9 Å². The minimum Gasteiger partial charge on any atom is -0.463 e. The number of nitrogens with one attached hydrogen (secondary N) is 1. The van der Waals surface area contributed by atoms with Crippen LogP contribution in [0.4, 0.5) is 4.39 Å². The summed E-state index contributed by atoms with van der Waals surface area (Å²) in [4.78, 5) is 32.9. The van der Waals surface area contributed by atoms with Crippen molar-refractivity contribution < 1.29 is 38.1 Å². The van der Waals surface area contributed by atoms with Gasteiger partial charge in [-0.15, -0.1) is 0 Å². The fraction of sp³-hybridized carbons (Fsp3) is 0.750. The number of rotatable bonds is 4. The monoisotopic (exact) mass is 307 g/mol. The summed E-state index contributed by atoms with van der Waals surface area (Å²) in [6, 6.07) is -1.25. The second-order valence-electron chi connectivity index (χ2n) is 4.61. The van der Waals surface area contributed by atoms with Crippen LogP contribution in [0.1, 0.15) is 20.8 Å². The molecule has 21 heavy (non-hydrogen) atoms. The number of ether oxygens (including phenoxy) is 3. The lowest BCUT2D eigenvalue weighted by Gasteiger charge is -2.40. The van der Waals surface area contributed by atoms with Gasteiger partial charge in [-0.2, -0.15) is 0 Å². The topological polar surface area (TPSA) is 111 Å². The molecule has 0 bridgehead atoms. The molecule has 0 aromatic carbocycles. The predicted molar refractivity (Wildman–Crippen MR) is 65.6 cm³/mol. The Kier molecular flexibility index (Phi) is 6.03. The number of esters is 2. The maximum atomic E-state index is 14.3. The second kappa shape index (κ2) is 7.32. The third-order valence-electron chi connectivity index (χ3n) is 2.77. The van der Waals surface area contributed by atoms with Crippen molar-refractivity contribution in [2.24, 2.45) is 0 Å². The van der Waals surface area contributed by atoms with Gasteiger partial charge in [-0.1, -0.05) is 0 Å². The quantitative estimate of drug-likeness (QED) is 0.643. The predicted octanol–water partition coefficient (Wildman–Crippen LogP) is -0.959. The Morgan fingerprint density at radius 3 is 2.33 bits per heavy atom.